The van der Waals surface area contributed by atoms with E-state index in [2.05, 4.69) is 20.1 Å². The summed E-state index contributed by atoms with van der Waals surface area (Å²) in [5.74, 6) is 0.682. The summed E-state index contributed by atoms with van der Waals surface area (Å²) < 4.78 is 7.04. The van der Waals surface area contributed by atoms with Crippen molar-refractivity contribution in [2.45, 2.75) is 13.8 Å². The van der Waals surface area contributed by atoms with Crippen molar-refractivity contribution in [3.63, 3.8) is 0 Å². The molecule has 24 heavy (non-hydrogen) atoms. The van der Waals surface area contributed by atoms with E-state index in [1.807, 2.05) is 31.3 Å². The second kappa shape index (κ2) is 5.28. The summed E-state index contributed by atoms with van der Waals surface area (Å²) in [7, 11) is 0. The monoisotopic (exact) mass is 316 g/mol. The topological polar surface area (TPSA) is 93.4 Å². The Bertz CT molecular complexity index is 1100. The number of oxazole rings is 1. The van der Waals surface area contributed by atoms with Gasteiger partial charge in [0.1, 0.15) is 6.07 Å². The first-order chi connectivity index (χ1) is 11.7. The molecule has 0 aliphatic heterocycles. The van der Waals surface area contributed by atoms with Crippen molar-refractivity contribution in [1.82, 2.24) is 24.7 Å². The molecule has 0 saturated carbocycles. The third kappa shape index (κ3) is 2.05. The van der Waals surface area contributed by atoms with Gasteiger partial charge in [0.15, 0.2) is 11.5 Å². The molecule has 0 spiro atoms. The van der Waals surface area contributed by atoms with Crippen LogP contribution < -0.4 is 0 Å². The van der Waals surface area contributed by atoms with Gasteiger partial charge in [-0.15, -0.1) is 0 Å². The fourth-order valence-corrected chi connectivity index (χ4v) is 2.69. The van der Waals surface area contributed by atoms with Crippen LogP contribution in [0, 0.1) is 25.2 Å². The van der Waals surface area contributed by atoms with Crippen molar-refractivity contribution < 1.29 is 4.42 Å². The Balaban J connectivity index is 1.98. The highest BCUT2D eigenvalue weighted by Gasteiger charge is 2.18. The van der Waals surface area contributed by atoms with Gasteiger partial charge in [0.2, 0.25) is 5.69 Å². The van der Waals surface area contributed by atoms with E-state index in [1.54, 1.807) is 25.5 Å². The molecule has 0 unspecified atom stereocenters. The van der Waals surface area contributed by atoms with Crippen molar-refractivity contribution in [1.29, 1.82) is 5.26 Å². The molecule has 4 aromatic rings. The molecule has 4 rings (SSSR count). The van der Waals surface area contributed by atoms with E-state index < -0.39 is 0 Å². The molecule has 116 valence electrons. The van der Waals surface area contributed by atoms with Gasteiger partial charge in [-0.25, -0.2) is 9.97 Å². The molecule has 0 radical (unpaired) electrons. The third-order valence-electron chi connectivity index (χ3n) is 3.82. The molecule has 0 aliphatic rings. The first kappa shape index (κ1) is 14.1. The molecule has 0 atom stereocenters. The minimum absolute atomic E-state index is 0.183. The lowest BCUT2D eigenvalue weighted by Gasteiger charge is -2.06. The molecule has 0 N–H and O–H groups in total. The Morgan fingerprint density at radius 3 is 2.79 bits per heavy atom. The quantitative estimate of drug-likeness (QED) is 0.564. The zero-order chi connectivity index (χ0) is 16.7. The fourth-order valence-electron chi connectivity index (χ4n) is 2.69. The Labute approximate surface area is 137 Å². The van der Waals surface area contributed by atoms with Crippen molar-refractivity contribution in [3.8, 4) is 23.1 Å². The summed E-state index contributed by atoms with van der Waals surface area (Å²) in [6, 6.07) is 5.91. The molecule has 7 nitrogen and oxygen atoms in total. The number of pyridine rings is 2. The maximum atomic E-state index is 9.23. The average molecular weight is 316 g/mol. The van der Waals surface area contributed by atoms with E-state index in [0.29, 0.717) is 11.5 Å². The summed E-state index contributed by atoms with van der Waals surface area (Å²) in [6.45, 7) is 3.72. The Morgan fingerprint density at radius 1 is 1.12 bits per heavy atom. The van der Waals surface area contributed by atoms with Gasteiger partial charge in [0, 0.05) is 36.5 Å². The summed E-state index contributed by atoms with van der Waals surface area (Å²) in [6.07, 6.45) is 7.00. The normalized spacial score (nSPS) is 10.9. The molecule has 0 amide bonds. The SMILES string of the molecule is Cc1nc(C#N)c(-n2ncc3c(-c4cnccc4C)ccnc32)o1. The first-order valence-electron chi connectivity index (χ1n) is 7.30. The highest BCUT2D eigenvalue weighted by Crippen LogP contribution is 2.30. The summed E-state index contributed by atoms with van der Waals surface area (Å²) in [5.41, 5.74) is 3.88. The highest BCUT2D eigenvalue weighted by molar-refractivity contribution is 5.93. The van der Waals surface area contributed by atoms with E-state index in [0.717, 1.165) is 22.1 Å². The lowest BCUT2D eigenvalue weighted by molar-refractivity contribution is 0.490. The maximum Gasteiger partial charge on any atom is 0.261 e. The van der Waals surface area contributed by atoms with Crippen molar-refractivity contribution >= 4 is 11.0 Å². The number of hydrogen-bond acceptors (Lipinski definition) is 6. The molecule has 0 saturated heterocycles. The summed E-state index contributed by atoms with van der Waals surface area (Å²) >= 11 is 0. The molecule has 0 bridgehead atoms. The predicted molar refractivity (Wildman–Crippen MR) is 86.3 cm³/mol. The van der Waals surface area contributed by atoms with Gasteiger partial charge >= 0.3 is 0 Å². The predicted octanol–water partition coefficient (Wildman–Crippen LogP) is 2.96. The third-order valence-corrected chi connectivity index (χ3v) is 3.82. The molecular weight excluding hydrogens is 304 g/mol. The second-order valence-electron chi connectivity index (χ2n) is 5.34. The van der Waals surface area contributed by atoms with Crippen molar-refractivity contribution in [2.24, 2.45) is 0 Å². The van der Waals surface area contributed by atoms with Gasteiger partial charge in [-0.2, -0.15) is 15.0 Å². The zero-order valence-corrected chi connectivity index (χ0v) is 13.1. The lowest BCUT2D eigenvalue weighted by Crippen LogP contribution is -1.98. The standard InChI is InChI=1S/C17H12N6O/c1-10-3-5-19-8-13(10)12-4-6-20-16-14(12)9-21-23(16)17-15(7-18)22-11(2)24-17/h3-6,8-9H,1-2H3. The van der Waals surface area contributed by atoms with Gasteiger partial charge in [0.25, 0.3) is 5.88 Å². The molecule has 4 heterocycles. The van der Waals surface area contributed by atoms with Crippen LogP contribution in [0.4, 0.5) is 0 Å². The molecule has 7 heteroatoms. The summed E-state index contributed by atoms with van der Waals surface area (Å²) in [5, 5.41) is 14.4. The van der Waals surface area contributed by atoms with Crippen LogP contribution in [-0.4, -0.2) is 24.7 Å². The molecule has 0 aromatic carbocycles. The number of nitriles is 1. The molecule has 4 aromatic heterocycles. The van der Waals surface area contributed by atoms with Crippen molar-refractivity contribution in [3.05, 3.63) is 54.1 Å². The van der Waals surface area contributed by atoms with Crippen LogP contribution in [0.3, 0.4) is 0 Å². The molecule has 0 fully saturated rings. The second-order valence-corrected chi connectivity index (χ2v) is 5.34. The number of rotatable bonds is 2. The van der Waals surface area contributed by atoms with Gasteiger partial charge in [0.05, 0.1) is 6.20 Å². The fraction of sp³-hybridized carbons (Fsp3) is 0.118. The summed E-state index contributed by atoms with van der Waals surface area (Å²) in [4.78, 5) is 12.7. The van der Waals surface area contributed by atoms with Gasteiger partial charge in [-0.3, -0.25) is 4.98 Å². The van der Waals surface area contributed by atoms with Crippen LogP contribution >= 0.6 is 0 Å². The zero-order valence-electron chi connectivity index (χ0n) is 13.1. The first-order valence-corrected chi connectivity index (χ1v) is 7.30. The molecule has 0 aliphatic carbocycles. The van der Waals surface area contributed by atoms with E-state index in [1.165, 1.54) is 4.68 Å². The van der Waals surface area contributed by atoms with Crippen LogP contribution in [0.5, 0.6) is 0 Å². The van der Waals surface area contributed by atoms with Crippen LogP contribution in [0.25, 0.3) is 28.0 Å². The largest absolute Gasteiger partial charge is 0.422 e. The number of aromatic nitrogens is 5. The van der Waals surface area contributed by atoms with Crippen molar-refractivity contribution in [2.75, 3.05) is 0 Å². The number of aryl methyl sites for hydroxylation is 2. The minimum atomic E-state index is 0.183. The maximum absolute atomic E-state index is 9.23. The van der Waals surface area contributed by atoms with Crippen LogP contribution in [-0.2, 0) is 0 Å². The minimum Gasteiger partial charge on any atom is -0.422 e. The number of nitrogens with zero attached hydrogens (tertiary/aromatic N) is 6. The van der Waals surface area contributed by atoms with Gasteiger partial charge in [-0.1, -0.05) is 0 Å². The highest BCUT2D eigenvalue weighted by atomic mass is 16.4. The van der Waals surface area contributed by atoms with E-state index in [4.69, 9.17) is 4.42 Å². The van der Waals surface area contributed by atoms with Crippen LogP contribution in [0.1, 0.15) is 17.1 Å². The van der Waals surface area contributed by atoms with E-state index in [9.17, 15) is 5.26 Å². The average Bonchev–Trinajstić information content (AvgIpc) is 3.18. The number of hydrogen-bond donors (Lipinski definition) is 0. The van der Waals surface area contributed by atoms with Crippen LogP contribution in [0.2, 0.25) is 0 Å². The number of fused-ring (bicyclic) bond motifs is 1. The lowest BCUT2D eigenvalue weighted by atomic mass is 10.0. The van der Waals surface area contributed by atoms with Gasteiger partial charge in [-0.05, 0) is 30.2 Å². The Hall–Kier alpha value is -3.53. The van der Waals surface area contributed by atoms with Gasteiger partial charge < -0.3 is 4.42 Å². The van der Waals surface area contributed by atoms with E-state index in [-0.39, 0.29) is 11.6 Å². The smallest absolute Gasteiger partial charge is 0.261 e. The Kier molecular flexibility index (Phi) is 3.10. The molecular formula is C17H12N6O. The van der Waals surface area contributed by atoms with E-state index >= 15 is 0 Å². The Morgan fingerprint density at radius 2 is 2.00 bits per heavy atom. The van der Waals surface area contributed by atoms with Crippen LogP contribution in [0.15, 0.2) is 41.3 Å².